The zero-order chi connectivity index (χ0) is 21.3. The van der Waals surface area contributed by atoms with Gasteiger partial charge in [-0.3, -0.25) is 14.2 Å². The third-order valence-electron chi connectivity index (χ3n) is 4.52. The van der Waals surface area contributed by atoms with Crippen molar-refractivity contribution in [2.75, 3.05) is 5.32 Å². The van der Waals surface area contributed by atoms with Crippen LogP contribution in [0.1, 0.15) is 15.9 Å². The largest absolute Gasteiger partial charge is 0.416 e. The summed E-state index contributed by atoms with van der Waals surface area (Å²) in [6, 6.07) is 17.5. The number of fused-ring (bicyclic) bond motifs is 1. The van der Waals surface area contributed by atoms with Crippen molar-refractivity contribution in [2.45, 2.75) is 6.18 Å². The normalized spacial score (nSPS) is 11.4. The maximum Gasteiger partial charge on any atom is 0.416 e. The van der Waals surface area contributed by atoms with Crippen LogP contribution in [0.4, 0.5) is 18.9 Å². The minimum Gasteiger partial charge on any atom is -0.322 e. The molecular formula is C22H14F3N3O2. The molecule has 8 heteroatoms. The fraction of sp³-hybridized carbons (Fsp3) is 0.0455. The number of benzene rings is 3. The molecule has 1 N–H and O–H groups in total. The molecule has 0 radical (unpaired) electrons. The number of amides is 1. The van der Waals surface area contributed by atoms with Crippen LogP contribution in [0.15, 0.2) is 83.9 Å². The Balaban J connectivity index is 1.58. The standard InChI is InChI=1S/C22H14F3N3O2/c23-22(24,25)15-4-3-5-16(12-15)27-20(29)14-8-10-17(11-9-14)28-13-26-19-7-2-1-6-18(19)21(28)30/h1-13H,(H,27,29). The lowest BCUT2D eigenvalue weighted by Gasteiger charge is -2.10. The van der Waals surface area contributed by atoms with Gasteiger partial charge in [-0.1, -0.05) is 18.2 Å². The molecule has 0 aliphatic carbocycles. The highest BCUT2D eigenvalue weighted by molar-refractivity contribution is 6.04. The molecule has 3 aromatic carbocycles. The first-order chi connectivity index (χ1) is 14.3. The summed E-state index contributed by atoms with van der Waals surface area (Å²) in [5.41, 5.74) is 0.261. The number of para-hydroxylation sites is 1. The van der Waals surface area contributed by atoms with Crippen molar-refractivity contribution < 1.29 is 18.0 Å². The zero-order valence-electron chi connectivity index (χ0n) is 15.4. The predicted octanol–water partition coefficient (Wildman–Crippen LogP) is 4.66. The van der Waals surface area contributed by atoms with E-state index in [1.165, 1.54) is 35.2 Å². The topological polar surface area (TPSA) is 64.0 Å². The minimum absolute atomic E-state index is 0.0360. The van der Waals surface area contributed by atoms with Gasteiger partial charge in [0.15, 0.2) is 0 Å². The molecule has 4 aromatic rings. The van der Waals surface area contributed by atoms with Crippen LogP contribution in [0.3, 0.4) is 0 Å². The summed E-state index contributed by atoms with van der Waals surface area (Å²) in [7, 11) is 0. The number of aromatic nitrogens is 2. The van der Waals surface area contributed by atoms with E-state index >= 15 is 0 Å². The number of nitrogens with zero attached hydrogens (tertiary/aromatic N) is 2. The summed E-state index contributed by atoms with van der Waals surface area (Å²) in [5, 5.41) is 2.91. The molecule has 0 saturated carbocycles. The van der Waals surface area contributed by atoms with E-state index in [-0.39, 0.29) is 16.8 Å². The van der Waals surface area contributed by atoms with Crippen LogP contribution in [0.2, 0.25) is 0 Å². The molecule has 0 atom stereocenters. The lowest BCUT2D eigenvalue weighted by Crippen LogP contribution is -2.19. The quantitative estimate of drug-likeness (QED) is 0.536. The summed E-state index contributed by atoms with van der Waals surface area (Å²) in [6.45, 7) is 0. The van der Waals surface area contributed by atoms with Crippen LogP contribution in [0, 0.1) is 0 Å². The highest BCUT2D eigenvalue weighted by Gasteiger charge is 2.30. The molecule has 0 bridgehead atoms. The van der Waals surface area contributed by atoms with E-state index in [1.807, 2.05) is 0 Å². The molecule has 0 unspecified atom stereocenters. The van der Waals surface area contributed by atoms with Gasteiger partial charge < -0.3 is 5.32 Å². The average molecular weight is 409 g/mol. The summed E-state index contributed by atoms with van der Waals surface area (Å²) < 4.78 is 39.8. The third-order valence-corrected chi connectivity index (χ3v) is 4.52. The van der Waals surface area contributed by atoms with Crippen molar-refractivity contribution >= 4 is 22.5 Å². The molecule has 0 spiro atoms. The summed E-state index contributed by atoms with van der Waals surface area (Å²) in [4.78, 5) is 29.3. The van der Waals surface area contributed by atoms with Crippen LogP contribution in [-0.2, 0) is 6.18 Å². The number of anilines is 1. The van der Waals surface area contributed by atoms with Crippen LogP contribution >= 0.6 is 0 Å². The Morgan fingerprint density at radius 2 is 1.67 bits per heavy atom. The summed E-state index contributed by atoms with van der Waals surface area (Å²) in [6.07, 6.45) is -3.09. The highest BCUT2D eigenvalue weighted by atomic mass is 19.4. The molecule has 0 saturated heterocycles. The number of halogens is 3. The monoisotopic (exact) mass is 409 g/mol. The number of rotatable bonds is 3. The van der Waals surface area contributed by atoms with E-state index in [0.717, 1.165) is 12.1 Å². The van der Waals surface area contributed by atoms with E-state index in [1.54, 1.807) is 36.4 Å². The Morgan fingerprint density at radius 3 is 2.40 bits per heavy atom. The second-order valence-corrected chi connectivity index (χ2v) is 6.52. The number of alkyl halides is 3. The molecule has 1 amide bonds. The fourth-order valence-corrected chi connectivity index (χ4v) is 3.00. The van der Waals surface area contributed by atoms with Crippen molar-refractivity contribution in [3.63, 3.8) is 0 Å². The Hall–Kier alpha value is -3.94. The average Bonchev–Trinajstić information content (AvgIpc) is 2.74. The summed E-state index contributed by atoms with van der Waals surface area (Å²) in [5.74, 6) is -0.565. The molecular weight excluding hydrogens is 395 g/mol. The predicted molar refractivity (Wildman–Crippen MR) is 107 cm³/mol. The van der Waals surface area contributed by atoms with Gasteiger partial charge in [-0.2, -0.15) is 13.2 Å². The fourth-order valence-electron chi connectivity index (χ4n) is 3.00. The second-order valence-electron chi connectivity index (χ2n) is 6.52. The summed E-state index contributed by atoms with van der Waals surface area (Å²) >= 11 is 0. The molecule has 30 heavy (non-hydrogen) atoms. The Kier molecular flexibility index (Phi) is 4.83. The first kappa shape index (κ1) is 19.4. The van der Waals surface area contributed by atoms with Crippen LogP contribution in [0.25, 0.3) is 16.6 Å². The SMILES string of the molecule is O=C(Nc1cccc(C(F)(F)F)c1)c1ccc(-n2cnc3ccccc3c2=O)cc1. The van der Waals surface area contributed by atoms with Gasteiger partial charge in [-0.25, -0.2) is 4.98 Å². The molecule has 1 aromatic heterocycles. The first-order valence-corrected chi connectivity index (χ1v) is 8.88. The third kappa shape index (κ3) is 3.80. The zero-order valence-corrected chi connectivity index (χ0v) is 15.4. The maximum absolute atomic E-state index is 12.8. The number of hydrogen-bond acceptors (Lipinski definition) is 3. The maximum atomic E-state index is 12.8. The second kappa shape index (κ2) is 7.47. The van der Waals surface area contributed by atoms with E-state index in [4.69, 9.17) is 0 Å². The van der Waals surface area contributed by atoms with E-state index in [2.05, 4.69) is 10.3 Å². The number of hydrogen-bond donors (Lipinski definition) is 1. The molecule has 0 aliphatic heterocycles. The smallest absolute Gasteiger partial charge is 0.322 e. The molecule has 5 nitrogen and oxygen atoms in total. The lowest BCUT2D eigenvalue weighted by atomic mass is 10.1. The molecule has 1 heterocycles. The number of carbonyl (C=O) groups is 1. The minimum atomic E-state index is -4.50. The Labute approximate surface area is 168 Å². The van der Waals surface area contributed by atoms with Crippen LogP contribution in [-0.4, -0.2) is 15.5 Å². The van der Waals surface area contributed by atoms with Crippen molar-refractivity contribution in [3.05, 3.63) is 101 Å². The lowest BCUT2D eigenvalue weighted by molar-refractivity contribution is -0.137. The highest BCUT2D eigenvalue weighted by Crippen LogP contribution is 2.30. The van der Waals surface area contributed by atoms with Crippen LogP contribution in [0.5, 0.6) is 0 Å². The van der Waals surface area contributed by atoms with Gasteiger partial charge in [0.25, 0.3) is 11.5 Å². The number of carbonyl (C=O) groups excluding carboxylic acids is 1. The van der Waals surface area contributed by atoms with Crippen LogP contribution < -0.4 is 10.9 Å². The van der Waals surface area contributed by atoms with Gasteiger partial charge in [-0.05, 0) is 54.6 Å². The number of nitrogens with one attached hydrogen (secondary N) is 1. The molecule has 0 fully saturated rings. The van der Waals surface area contributed by atoms with Gasteiger partial charge >= 0.3 is 6.18 Å². The Bertz CT molecular complexity index is 1300. The molecule has 4 rings (SSSR count). The molecule has 0 aliphatic rings. The first-order valence-electron chi connectivity index (χ1n) is 8.88. The van der Waals surface area contributed by atoms with Gasteiger partial charge in [-0.15, -0.1) is 0 Å². The van der Waals surface area contributed by atoms with E-state index in [9.17, 15) is 22.8 Å². The van der Waals surface area contributed by atoms with Crippen molar-refractivity contribution in [1.82, 2.24) is 9.55 Å². The Morgan fingerprint density at radius 1 is 0.933 bits per heavy atom. The molecule has 150 valence electrons. The van der Waals surface area contributed by atoms with Crippen molar-refractivity contribution in [2.24, 2.45) is 0 Å². The van der Waals surface area contributed by atoms with E-state index in [0.29, 0.717) is 16.6 Å². The van der Waals surface area contributed by atoms with Gasteiger partial charge in [0.2, 0.25) is 0 Å². The van der Waals surface area contributed by atoms with Crippen molar-refractivity contribution in [3.8, 4) is 5.69 Å². The van der Waals surface area contributed by atoms with Gasteiger partial charge in [0.05, 0.1) is 22.2 Å². The van der Waals surface area contributed by atoms with Crippen molar-refractivity contribution in [1.29, 1.82) is 0 Å². The van der Waals surface area contributed by atoms with E-state index < -0.39 is 17.6 Å². The van der Waals surface area contributed by atoms with Gasteiger partial charge in [0, 0.05) is 11.3 Å². The van der Waals surface area contributed by atoms with Gasteiger partial charge in [0.1, 0.15) is 6.33 Å².